The minimum atomic E-state index is -3.02. The number of hydrogen-bond acceptors (Lipinski definition) is 10. The molecule has 2 aliphatic heterocycles. The maximum atomic E-state index is 11.6. The Hall–Kier alpha value is -3.04. The first-order valence-corrected chi connectivity index (χ1v) is 14.5. The van der Waals surface area contributed by atoms with Crippen molar-refractivity contribution in [2.45, 2.75) is 24.9 Å². The van der Waals surface area contributed by atoms with Crippen LogP contribution >= 0.6 is 11.3 Å². The van der Waals surface area contributed by atoms with Gasteiger partial charge in [-0.15, -0.1) is 11.3 Å². The zero-order chi connectivity index (χ0) is 25.7. The van der Waals surface area contributed by atoms with E-state index in [4.69, 9.17) is 5.73 Å². The van der Waals surface area contributed by atoms with Gasteiger partial charge in [0.05, 0.1) is 5.75 Å². The Kier molecular flexibility index (Phi) is 6.03. The molecule has 0 radical (unpaired) electrons. The predicted octanol–water partition coefficient (Wildman–Crippen LogP) is 1.83. The van der Waals surface area contributed by atoms with E-state index < -0.39 is 15.4 Å². The highest BCUT2D eigenvalue weighted by atomic mass is 32.2. The first-order chi connectivity index (χ1) is 17.0. The van der Waals surface area contributed by atoms with Crippen molar-refractivity contribution in [3.05, 3.63) is 57.7 Å². The number of aromatic nitrogens is 3. The van der Waals surface area contributed by atoms with Crippen molar-refractivity contribution >= 4 is 38.6 Å². The highest BCUT2D eigenvalue weighted by molar-refractivity contribution is 7.90. The molecule has 2 aromatic heterocycles. The summed E-state index contributed by atoms with van der Waals surface area (Å²) in [5.74, 6) is 7.17. The van der Waals surface area contributed by atoms with Gasteiger partial charge in [0.1, 0.15) is 20.7 Å². The largest absolute Gasteiger partial charge is 0.371 e. The number of aryl methyl sites for hydroxylation is 1. The number of benzene rings is 1. The molecule has 3 aromatic rings. The molecule has 0 bridgehead atoms. The monoisotopic (exact) mass is 524 g/mol. The maximum absolute atomic E-state index is 11.6. The number of likely N-dealkylation sites (tertiary alicyclic amines) is 1. The normalized spacial score (nSPS) is 18.3. The topological polar surface area (TPSA) is 126 Å². The first-order valence-electron chi connectivity index (χ1n) is 11.5. The third-order valence-corrected chi connectivity index (χ3v) is 8.58. The van der Waals surface area contributed by atoms with Crippen molar-refractivity contribution in [1.82, 2.24) is 19.9 Å². The predicted molar refractivity (Wildman–Crippen MR) is 141 cm³/mol. The van der Waals surface area contributed by atoms with E-state index in [9.17, 15) is 13.5 Å². The molecule has 1 aromatic carbocycles. The molecule has 0 unspecified atom stereocenters. The Balaban J connectivity index is 1.49. The molecule has 3 N–H and O–H groups in total. The van der Waals surface area contributed by atoms with Crippen LogP contribution in [0.4, 0.5) is 17.5 Å². The van der Waals surface area contributed by atoms with Gasteiger partial charge in [-0.3, -0.25) is 0 Å². The lowest BCUT2D eigenvalue weighted by Gasteiger charge is -2.48. The maximum Gasteiger partial charge on any atom is 0.221 e. The number of thiazole rings is 1. The molecule has 1 fully saturated rings. The van der Waals surface area contributed by atoms with Crippen LogP contribution < -0.4 is 10.6 Å². The van der Waals surface area contributed by atoms with Gasteiger partial charge in [0.25, 0.3) is 0 Å². The first kappa shape index (κ1) is 24.6. The second kappa shape index (κ2) is 8.81. The van der Waals surface area contributed by atoms with Crippen LogP contribution in [0.3, 0.4) is 0 Å². The molecule has 188 valence electrons. The molecule has 9 nitrogen and oxygen atoms in total. The highest BCUT2D eigenvalue weighted by Crippen LogP contribution is 2.49. The van der Waals surface area contributed by atoms with Crippen LogP contribution in [0.15, 0.2) is 36.0 Å². The van der Waals surface area contributed by atoms with E-state index in [1.165, 1.54) is 23.2 Å². The van der Waals surface area contributed by atoms with E-state index in [0.29, 0.717) is 18.1 Å². The SMILES string of the molecule is Cc1cnc(N)nc1N1CC2(CN(CCS(C)(=O)=O)C2)c2ccc(C#C[C@@](C)(O)c3nccs3)cc21. The molecular formula is C25H28N6O3S2. The average Bonchev–Trinajstić information content (AvgIpc) is 3.44. The van der Waals surface area contributed by atoms with Crippen molar-refractivity contribution < 1.29 is 13.5 Å². The van der Waals surface area contributed by atoms with Gasteiger partial charge >= 0.3 is 0 Å². The Morgan fingerprint density at radius 3 is 2.75 bits per heavy atom. The smallest absolute Gasteiger partial charge is 0.221 e. The lowest BCUT2D eigenvalue weighted by molar-refractivity contribution is 0.0837. The Morgan fingerprint density at radius 2 is 2.06 bits per heavy atom. The van der Waals surface area contributed by atoms with Crippen molar-refractivity contribution in [3.63, 3.8) is 0 Å². The molecular weight excluding hydrogens is 496 g/mol. The summed E-state index contributed by atoms with van der Waals surface area (Å²) in [6, 6.07) is 6.08. The van der Waals surface area contributed by atoms with Gasteiger partial charge in [-0.1, -0.05) is 17.9 Å². The van der Waals surface area contributed by atoms with Crippen molar-refractivity contribution in [2.75, 3.05) is 48.8 Å². The van der Waals surface area contributed by atoms with Gasteiger partial charge in [-0.05, 0) is 31.5 Å². The molecule has 2 aliphatic rings. The fraction of sp³-hybridized carbons (Fsp3) is 0.400. The van der Waals surface area contributed by atoms with E-state index in [1.54, 1.807) is 19.3 Å². The van der Waals surface area contributed by atoms with E-state index in [0.717, 1.165) is 35.7 Å². The number of hydrogen-bond donors (Lipinski definition) is 2. The molecule has 1 spiro atoms. The van der Waals surface area contributed by atoms with Crippen molar-refractivity contribution in [1.29, 1.82) is 0 Å². The summed E-state index contributed by atoms with van der Waals surface area (Å²) in [7, 11) is -3.02. The fourth-order valence-electron chi connectivity index (χ4n) is 4.91. The number of fused-ring (bicyclic) bond motifs is 2. The van der Waals surface area contributed by atoms with E-state index in [-0.39, 0.29) is 17.1 Å². The number of nitrogens with zero attached hydrogens (tertiary/aromatic N) is 5. The molecule has 11 heteroatoms. The summed E-state index contributed by atoms with van der Waals surface area (Å²) >= 11 is 1.36. The fourth-order valence-corrected chi connectivity index (χ4v) is 6.15. The minimum absolute atomic E-state index is 0.142. The number of sulfone groups is 1. The second-order valence-corrected chi connectivity index (χ2v) is 13.0. The Labute approximate surface area is 214 Å². The molecule has 0 amide bonds. The van der Waals surface area contributed by atoms with Crippen LogP contribution in [0, 0.1) is 18.8 Å². The second-order valence-electron chi connectivity index (χ2n) is 9.83. The molecule has 0 saturated carbocycles. The van der Waals surface area contributed by atoms with E-state index in [1.807, 2.05) is 24.4 Å². The van der Waals surface area contributed by atoms with Crippen LogP contribution in [-0.4, -0.2) is 71.6 Å². The number of nitrogens with two attached hydrogens (primary N) is 1. The molecule has 0 aliphatic carbocycles. The van der Waals surface area contributed by atoms with Gasteiger partial charge in [0.2, 0.25) is 5.95 Å². The van der Waals surface area contributed by atoms with Crippen LogP contribution in [0.2, 0.25) is 0 Å². The number of rotatable bonds is 5. The Morgan fingerprint density at radius 1 is 1.28 bits per heavy atom. The van der Waals surface area contributed by atoms with Gasteiger partial charge in [0, 0.05) is 72.4 Å². The van der Waals surface area contributed by atoms with Crippen LogP contribution in [-0.2, 0) is 20.9 Å². The van der Waals surface area contributed by atoms with E-state index >= 15 is 0 Å². The molecule has 4 heterocycles. The molecule has 36 heavy (non-hydrogen) atoms. The third kappa shape index (κ3) is 4.69. The molecule has 1 atom stereocenters. The highest BCUT2D eigenvalue weighted by Gasteiger charge is 2.51. The third-order valence-electron chi connectivity index (χ3n) is 6.67. The van der Waals surface area contributed by atoms with Crippen molar-refractivity contribution in [2.24, 2.45) is 0 Å². The molecule has 1 saturated heterocycles. The minimum Gasteiger partial charge on any atom is -0.371 e. The standard InChI is InChI=1S/C25H28N6O3S2/c1-17-13-28-23(26)29-21(17)31-16-25(14-30(15-25)9-11-36(3,33)34)19-5-4-18(12-20(19)31)6-7-24(2,32)22-27-8-10-35-22/h4-5,8,10,12-13,32H,9,11,14-16H2,1-3H3,(H2,26,28,29)/t24-/m1/s1. The summed E-state index contributed by atoms with van der Waals surface area (Å²) in [5, 5.41) is 13.1. The summed E-state index contributed by atoms with van der Waals surface area (Å²) in [6.07, 6.45) is 4.64. The summed E-state index contributed by atoms with van der Waals surface area (Å²) in [6.45, 7) is 6.33. The summed E-state index contributed by atoms with van der Waals surface area (Å²) in [5.41, 5.74) is 8.27. The van der Waals surface area contributed by atoms with Gasteiger partial charge in [-0.25, -0.2) is 18.4 Å². The summed E-state index contributed by atoms with van der Waals surface area (Å²) < 4.78 is 23.3. The Bertz CT molecular complexity index is 1470. The molecule has 5 rings (SSSR count). The van der Waals surface area contributed by atoms with Gasteiger partial charge < -0.3 is 20.6 Å². The van der Waals surface area contributed by atoms with Gasteiger partial charge in [-0.2, -0.15) is 4.98 Å². The number of anilines is 3. The number of aliphatic hydroxyl groups is 1. The average molecular weight is 525 g/mol. The quantitative estimate of drug-likeness (QED) is 0.481. The van der Waals surface area contributed by atoms with Gasteiger partial charge in [0.15, 0.2) is 5.60 Å². The van der Waals surface area contributed by atoms with Crippen LogP contribution in [0.1, 0.15) is 28.6 Å². The number of nitrogen functional groups attached to an aromatic ring is 1. The van der Waals surface area contributed by atoms with Crippen LogP contribution in [0.25, 0.3) is 0 Å². The zero-order valence-electron chi connectivity index (χ0n) is 20.4. The lowest BCUT2D eigenvalue weighted by Crippen LogP contribution is -2.61. The van der Waals surface area contributed by atoms with Crippen LogP contribution in [0.5, 0.6) is 0 Å². The van der Waals surface area contributed by atoms with E-state index in [2.05, 4.69) is 42.7 Å². The lowest BCUT2D eigenvalue weighted by atomic mass is 9.75. The summed E-state index contributed by atoms with van der Waals surface area (Å²) in [4.78, 5) is 17.2. The van der Waals surface area contributed by atoms with Crippen molar-refractivity contribution in [3.8, 4) is 11.8 Å². The zero-order valence-corrected chi connectivity index (χ0v) is 22.0.